The van der Waals surface area contributed by atoms with Crippen LogP contribution in [0.15, 0.2) is 23.0 Å². The van der Waals surface area contributed by atoms with Crippen LogP contribution in [0.25, 0.3) is 0 Å². The molecule has 5 heteroatoms. The summed E-state index contributed by atoms with van der Waals surface area (Å²) in [4.78, 5) is 11.6. The summed E-state index contributed by atoms with van der Waals surface area (Å²) in [7, 11) is 0. The van der Waals surface area contributed by atoms with E-state index in [-0.39, 0.29) is 24.2 Å². The molecule has 3 N–H and O–H groups in total. The number of amides is 1. The first-order chi connectivity index (χ1) is 7.15. The molecule has 0 aliphatic heterocycles. The number of hydrogen-bond acceptors (Lipinski definition) is 3. The van der Waals surface area contributed by atoms with Gasteiger partial charge in [-0.05, 0) is 12.0 Å². The summed E-state index contributed by atoms with van der Waals surface area (Å²) in [5.41, 5.74) is 6.72. The molecular weight excluding hydrogens is 228 g/mol. The third kappa shape index (κ3) is 4.24. The Hall–Kier alpha value is -1.00. The van der Waals surface area contributed by atoms with Crippen LogP contribution in [0.5, 0.6) is 0 Å². The smallest absolute Gasteiger partial charge is 0.237 e. The average Bonchev–Trinajstić information content (AvgIpc) is 2.76. The molecule has 1 amide bonds. The third-order valence-corrected chi connectivity index (χ3v) is 2.61. The van der Waals surface area contributed by atoms with E-state index in [9.17, 15) is 4.79 Å². The zero-order valence-corrected chi connectivity index (χ0v) is 10.4. The van der Waals surface area contributed by atoms with E-state index < -0.39 is 6.04 Å². The van der Waals surface area contributed by atoms with E-state index in [0.717, 1.165) is 12.0 Å². The number of nitrogens with two attached hydrogens (primary N) is 1. The van der Waals surface area contributed by atoms with Crippen molar-refractivity contribution in [2.45, 2.75) is 32.9 Å². The highest BCUT2D eigenvalue weighted by Gasteiger charge is 2.18. The molecule has 0 saturated carbocycles. The van der Waals surface area contributed by atoms with Gasteiger partial charge in [-0.1, -0.05) is 20.3 Å². The Labute approximate surface area is 102 Å². The second kappa shape index (κ2) is 7.30. The van der Waals surface area contributed by atoms with Gasteiger partial charge >= 0.3 is 0 Å². The molecule has 0 radical (unpaired) electrons. The summed E-state index contributed by atoms with van der Waals surface area (Å²) in [6.45, 7) is 4.47. The van der Waals surface area contributed by atoms with Gasteiger partial charge in [0.1, 0.15) is 0 Å². The number of halogens is 1. The molecule has 1 rings (SSSR count). The van der Waals surface area contributed by atoms with E-state index in [1.807, 2.05) is 19.9 Å². The fraction of sp³-hybridized carbons (Fsp3) is 0.545. The van der Waals surface area contributed by atoms with E-state index in [0.29, 0.717) is 6.54 Å². The largest absolute Gasteiger partial charge is 0.472 e. The Morgan fingerprint density at radius 3 is 2.81 bits per heavy atom. The number of furan rings is 1. The minimum atomic E-state index is -0.429. The molecule has 2 unspecified atom stereocenters. The van der Waals surface area contributed by atoms with Gasteiger partial charge in [-0.15, -0.1) is 12.4 Å². The van der Waals surface area contributed by atoms with Crippen LogP contribution in [0.4, 0.5) is 0 Å². The average molecular weight is 247 g/mol. The van der Waals surface area contributed by atoms with Gasteiger partial charge in [-0.3, -0.25) is 4.79 Å². The van der Waals surface area contributed by atoms with Crippen molar-refractivity contribution in [2.24, 2.45) is 11.7 Å². The lowest BCUT2D eigenvalue weighted by Crippen LogP contribution is -2.44. The molecule has 0 spiro atoms. The summed E-state index contributed by atoms with van der Waals surface area (Å²) in [6.07, 6.45) is 4.09. The Kier molecular flexibility index (Phi) is 6.85. The Bertz CT molecular complexity index is 301. The number of carbonyl (C=O) groups is 1. The SMILES string of the molecule is CCC(C)C(N)C(=O)NCc1ccoc1.Cl. The van der Waals surface area contributed by atoms with E-state index >= 15 is 0 Å². The topological polar surface area (TPSA) is 68.3 Å². The lowest BCUT2D eigenvalue weighted by Gasteiger charge is -2.17. The summed E-state index contributed by atoms with van der Waals surface area (Å²) >= 11 is 0. The lowest BCUT2D eigenvalue weighted by atomic mass is 9.99. The maximum atomic E-state index is 11.6. The van der Waals surface area contributed by atoms with Crippen LogP contribution < -0.4 is 11.1 Å². The summed E-state index contributed by atoms with van der Waals surface area (Å²) < 4.78 is 4.89. The first kappa shape index (κ1) is 15.0. The molecule has 1 aromatic rings. The van der Waals surface area contributed by atoms with Crippen molar-refractivity contribution in [3.05, 3.63) is 24.2 Å². The van der Waals surface area contributed by atoms with Crippen molar-refractivity contribution in [2.75, 3.05) is 0 Å². The Morgan fingerprint density at radius 1 is 1.62 bits per heavy atom. The van der Waals surface area contributed by atoms with Gasteiger partial charge < -0.3 is 15.5 Å². The van der Waals surface area contributed by atoms with Gasteiger partial charge in [-0.25, -0.2) is 0 Å². The monoisotopic (exact) mass is 246 g/mol. The third-order valence-electron chi connectivity index (χ3n) is 2.61. The van der Waals surface area contributed by atoms with E-state index in [1.165, 1.54) is 0 Å². The van der Waals surface area contributed by atoms with Crippen molar-refractivity contribution in [3.63, 3.8) is 0 Å². The predicted octanol–water partition coefficient (Wildman–Crippen LogP) is 1.69. The summed E-state index contributed by atoms with van der Waals surface area (Å²) in [5.74, 6) is 0.0971. The van der Waals surface area contributed by atoms with Gasteiger partial charge in [0.2, 0.25) is 5.91 Å². The van der Waals surface area contributed by atoms with Crippen LogP contribution in [0.3, 0.4) is 0 Å². The molecule has 0 aromatic carbocycles. The van der Waals surface area contributed by atoms with Crippen LogP contribution in [0, 0.1) is 5.92 Å². The van der Waals surface area contributed by atoms with Crippen LogP contribution in [0.1, 0.15) is 25.8 Å². The molecule has 0 bridgehead atoms. The molecular formula is C11H19ClN2O2. The van der Waals surface area contributed by atoms with Crippen LogP contribution >= 0.6 is 12.4 Å². The van der Waals surface area contributed by atoms with Crippen LogP contribution in [0.2, 0.25) is 0 Å². The highest BCUT2D eigenvalue weighted by molar-refractivity contribution is 5.85. The van der Waals surface area contributed by atoms with Gasteiger partial charge in [0.05, 0.1) is 18.6 Å². The Balaban J connectivity index is 0.00000225. The minimum absolute atomic E-state index is 0. The summed E-state index contributed by atoms with van der Waals surface area (Å²) in [6, 6.07) is 1.39. The zero-order valence-electron chi connectivity index (χ0n) is 9.60. The maximum absolute atomic E-state index is 11.6. The minimum Gasteiger partial charge on any atom is -0.472 e. The molecule has 16 heavy (non-hydrogen) atoms. The molecule has 1 heterocycles. The first-order valence-corrected chi connectivity index (χ1v) is 5.19. The van der Waals surface area contributed by atoms with Crippen LogP contribution in [-0.4, -0.2) is 11.9 Å². The quantitative estimate of drug-likeness (QED) is 0.831. The molecule has 4 nitrogen and oxygen atoms in total. The number of rotatable bonds is 5. The highest BCUT2D eigenvalue weighted by atomic mass is 35.5. The zero-order chi connectivity index (χ0) is 11.3. The second-order valence-electron chi connectivity index (χ2n) is 3.76. The van der Waals surface area contributed by atoms with E-state index in [2.05, 4.69) is 5.32 Å². The number of nitrogens with one attached hydrogen (secondary N) is 1. The molecule has 0 aliphatic rings. The first-order valence-electron chi connectivity index (χ1n) is 5.19. The highest BCUT2D eigenvalue weighted by Crippen LogP contribution is 2.05. The number of carbonyl (C=O) groups excluding carboxylic acids is 1. The van der Waals surface area contributed by atoms with Gasteiger partial charge in [0.15, 0.2) is 0 Å². The molecule has 92 valence electrons. The number of hydrogen-bond donors (Lipinski definition) is 2. The van der Waals surface area contributed by atoms with Gasteiger partial charge in [-0.2, -0.15) is 0 Å². The molecule has 0 saturated heterocycles. The van der Waals surface area contributed by atoms with Crippen molar-refractivity contribution in [1.82, 2.24) is 5.32 Å². The van der Waals surface area contributed by atoms with Crippen molar-refractivity contribution in [1.29, 1.82) is 0 Å². The molecule has 0 fully saturated rings. The van der Waals surface area contributed by atoms with Crippen molar-refractivity contribution >= 4 is 18.3 Å². The van der Waals surface area contributed by atoms with Gasteiger partial charge in [0.25, 0.3) is 0 Å². The molecule has 2 atom stereocenters. The normalized spacial score (nSPS) is 13.7. The van der Waals surface area contributed by atoms with Crippen LogP contribution in [-0.2, 0) is 11.3 Å². The fourth-order valence-corrected chi connectivity index (χ4v) is 1.21. The standard InChI is InChI=1S/C11H18N2O2.ClH/c1-3-8(2)10(12)11(14)13-6-9-4-5-15-7-9;/h4-5,7-8,10H,3,6,12H2,1-2H3,(H,13,14);1H. The van der Waals surface area contributed by atoms with Crippen molar-refractivity contribution < 1.29 is 9.21 Å². The lowest BCUT2D eigenvalue weighted by molar-refractivity contribution is -0.123. The molecule has 0 aliphatic carbocycles. The van der Waals surface area contributed by atoms with E-state index in [4.69, 9.17) is 10.2 Å². The fourth-order valence-electron chi connectivity index (χ4n) is 1.21. The maximum Gasteiger partial charge on any atom is 0.237 e. The molecule has 1 aromatic heterocycles. The van der Waals surface area contributed by atoms with E-state index in [1.54, 1.807) is 12.5 Å². The second-order valence-corrected chi connectivity index (χ2v) is 3.76. The van der Waals surface area contributed by atoms with Gasteiger partial charge in [0, 0.05) is 12.1 Å². The Morgan fingerprint density at radius 2 is 2.31 bits per heavy atom. The summed E-state index contributed by atoms with van der Waals surface area (Å²) in [5, 5.41) is 2.78. The van der Waals surface area contributed by atoms with Crippen molar-refractivity contribution in [3.8, 4) is 0 Å². The predicted molar refractivity (Wildman–Crippen MR) is 65.2 cm³/mol.